The number of benzene rings is 2. The van der Waals surface area contributed by atoms with E-state index in [-0.39, 0.29) is 48.0 Å². The van der Waals surface area contributed by atoms with E-state index in [1.165, 1.54) is 0 Å². The lowest BCUT2D eigenvalue weighted by atomic mass is 9.84. The first kappa shape index (κ1) is 29.6. The number of carbonyl (C=O) groups excluding carboxylic acids is 1. The first-order valence-electron chi connectivity index (χ1n) is 14.2. The fourth-order valence-corrected chi connectivity index (χ4v) is 5.61. The van der Waals surface area contributed by atoms with Crippen molar-refractivity contribution < 1.29 is 23.4 Å². The molecule has 0 radical (unpaired) electrons. The first-order chi connectivity index (χ1) is 19.0. The smallest absolute Gasteiger partial charge is 0.197 e. The lowest BCUT2D eigenvalue weighted by molar-refractivity contribution is 0.0962. The second kappa shape index (κ2) is 12.0. The van der Waals surface area contributed by atoms with Gasteiger partial charge in [-0.25, -0.2) is 4.39 Å². The molecule has 218 valence electrons. The highest BCUT2D eigenvalue weighted by Gasteiger charge is 2.35. The predicted octanol–water partition coefficient (Wildman–Crippen LogP) is 5.09. The number of fused-ring (bicyclic) bond motifs is 1. The van der Waals surface area contributed by atoms with Crippen LogP contribution in [-0.4, -0.2) is 81.0 Å². The van der Waals surface area contributed by atoms with Crippen LogP contribution in [0.3, 0.4) is 0 Å². The van der Waals surface area contributed by atoms with E-state index in [0.29, 0.717) is 23.5 Å². The van der Waals surface area contributed by atoms with Crippen molar-refractivity contribution in [3.63, 3.8) is 0 Å². The van der Waals surface area contributed by atoms with Gasteiger partial charge in [0.05, 0.1) is 38.1 Å². The number of piperazine rings is 1. The average molecular weight is 555 g/mol. The summed E-state index contributed by atoms with van der Waals surface area (Å²) >= 11 is 0. The summed E-state index contributed by atoms with van der Waals surface area (Å²) in [5.74, 6) is 0.265. The van der Waals surface area contributed by atoms with Crippen LogP contribution >= 0.6 is 0 Å². The summed E-state index contributed by atoms with van der Waals surface area (Å²) < 4.78 is 32.7. The SMILES string of the molecule is CCOc1cc2c(c(F)c1OCC)C(=N)N(CC(=O)c1ccc(C(C)(C)C)c(OC)c1N1CCN(CC)CC1)C2. The van der Waals surface area contributed by atoms with Crippen LogP contribution in [0.25, 0.3) is 0 Å². The summed E-state index contributed by atoms with van der Waals surface area (Å²) in [4.78, 5) is 20.2. The van der Waals surface area contributed by atoms with E-state index in [1.807, 2.05) is 19.1 Å². The Labute approximate surface area is 237 Å². The maximum Gasteiger partial charge on any atom is 0.197 e. The number of amidine groups is 1. The molecule has 8 nitrogen and oxygen atoms in total. The number of ether oxygens (including phenoxy) is 3. The van der Waals surface area contributed by atoms with Gasteiger partial charge in [0.2, 0.25) is 0 Å². The molecule has 2 aliphatic rings. The number of methoxy groups -OCH3 is 1. The van der Waals surface area contributed by atoms with Crippen molar-refractivity contribution in [2.24, 2.45) is 0 Å². The number of carbonyl (C=O) groups is 1. The predicted molar refractivity (Wildman–Crippen MR) is 156 cm³/mol. The molecule has 2 heterocycles. The summed E-state index contributed by atoms with van der Waals surface area (Å²) in [5, 5.41) is 8.77. The zero-order valence-corrected chi connectivity index (χ0v) is 24.9. The van der Waals surface area contributed by atoms with Gasteiger partial charge in [0.15, 0.2) is 23.1 Å². The van der Waals surface area contributed by atoms with Gasteiger partial charge in [-0.2, -0.15) is 0 Å². The molecule has 2 aromatic carbocycles. The van der Waals surface area contributed by atoms with Gasteiger partial charge in [-0.05, 0) is 43.5 Å². The highest BCUT2D eigenvalue weighted by molar-refractivity contribution is 6.08. The minimum Gasteiger partial charge on any atom is -0.494 e. The Kier molecular flexibility index (Phi) is 8.93. The number of anilines is 1. The lowest BCUT2D eigenvalue weighted by Gasteiger charge is -2.38. The van der Waals surface area contributed by atoms with E-state index in [9.17, 15) is 4.79 Å². The molecular weight excluding hydrogens is 511 g/mol. The van der Waals surface area contributed by atoms with E-state index >= 15 is 4.39 Å². The number of halogens is 1. The largest absolute Gasteiger partial charge is 0.494 e. The van der Waals surface area contributed by atoms with Crippen LogP contribution in [0.5, 0.6) is 17.2 Å². The quantitative estimate of drug-likeness (QED) is 0.410. The maximum absolute atomic E-state index is 15.6. The lowest BCUT2D eigenvalue weighted by Crippen LogP contribution is -2.47. The third-order valence-electron chi connectivity index (χ3n) is 7.69. The van der Waals surface area contributed by atoms with Gasteiger partial charge in [0.1, 0.15) is 11.6 Å². The molecule has 0 aromatic heterocycles. The van der Waals surface area contributed by atoms with Gasteiger partial charge in [-0.1, -0.05) is 33.8 Å². The van der Waals surface area contributed by atoms with E-state index in [1.54, 1.807) is 25.0 Å². The highest BCUT2D eigenvalue weighted by atomic mass is 19.1. The molecule has 0 saturated carbocycles. The van der Waals surface area contributed by atoms with E-state index in [2.05, 4.69) is 37.5 Å². The molecular formula is C31H43FN4O4. The van der Waals surface area contributed by atoms with Crippen molar-refractivity contribution in [2.45, 2.75) is 53.5 Å². The monoisotopic (exact) mass is 554 g/mol. The molecule has 4 rings (SSSR count). The van der Waals surface area contributed by atoms with Crippen molar-refractivity contribution >= 4 is 17.3 Å². The van der Waals surface area contributed by atoms with Gasteiger partial charge in [-0.15, -0.1) is 0 Å². The number of hydrogen-bond acceptors (Lipinski definition) is 7. The van der Waals surface area contributed by atoms with Crippen LogP contribution in [-0.2, 0) is 12.0 Å². The van der Waals surface area contributed by atoms with E-state index < -0.39 is 5.82 Å². The number of rotatable bonds is 10. The Morgan fingerprint density at radius 2 is 1.70 bits per heavy atom. The number of Topliss-reactive ketones (excluding diaryl/α,β-unsaturated/α-hetero) is 1. The number of likely N-dealkylation sites (N-methyl/N-ethyl adjacent to an activating group) is 1. The Balaban J connectivity index is 1.69. The Morgan fingerprint density at radius 1 is 1.02 bits per heavy atom. The molecule has 1 saturated heterocycles. The zero-order valence-electron chi connectivity index (χ0n) is 24.9. The van der Waals surface area contributed by atoms with Crippen molar-refractivity contribution in [3.05, 3.63) is 46.3 Å². The number of nitrogens with zero attached hydrogens (tertiary/aromatic N) is 3. The maximum atomic E-state index is 15.6. The molecule has 0 spiro atoms. The van der Waals surface area contributed by atoms with Crippen molar-refractivity contribution in [1.82, 2.24) is 9.80 Å². The number of ketones is 1. The summed E-state index contributed by atoms with van der Waals surface area (Å²) in [6, 6.07) is 5.59. The van der Waals surface area contributed by atoms with Crippen LogP contribution < -0.4 is 19.1 Å². The van der Waals surface area contributed by atoms with Gasteiger partial charge in [0.25, 0.3) is 0 Å². The first-order valence-corrected chi connectivity index (χ1v) is 14.2. The number of nitrogens with one attached hydrogen (secondary N) is 1. The standard InChI is InChI=1S/C31H43FN4O4/c1-8-34-13-15-35(16-14-34)27-21(11-12-22(28(27)38-7)31(4,5)6)23(37)19-36-18-20-17-24(39-9-2)29(40-10-3)26(32)25(20)30(36)33/h11-12,17,33H,8-10,13-16,18-19H2,1-7H3. The molecule has 0 aliphatic carbocycles. The molecule has 2 aliphatic heterocycles. The Hall–Kier alpha value is -3.33. The fourth-order valence-electron chi connectivity index (χ4n) is 5.61. The highest BCUT2D eigenvalue weighted by Crippen LogP contribution is 2.43. The molecule has 0 amide bonds. The molecule has 40 heavy (non-hydrogen) atoms. The van der Waals surface area contributed by atoms with Crippen molar-refractivity contribution in [2.75, 3.05) is 64.5 Å². The van der Waals surface area contributed by atoms with Gasteiger partial charge in [-0.3, -0.25) is 10.2 Å². The van der Waals surface area contributed by atoms with Crippen LogP contribution in [0.4, 0.5) is 10.1 Å². The molecule has 1 fully saturated rings. The Bertz CT molecular complexity index is 1270. The summed E-state index contributed by atoms with van der Waals surface area (Å²) in [6.07, 6.45) is 0. The summed E-state index contributed by atoms with van der Waals surface area (Å²) in [6.45, 7) is 17.4. The molecule has 0 atom stereocenters. The second-order valence-electron chi connectivity index (χ2n) is 11.3. The average Bonchev–Trinajstić information content (AvgIpc) is 3.24. The molecule has 0 unspecified atom stereocenters. The molecule has 2 aromatic rings. The molecule has 9 heteroatoms. The van der Waals surface area contributed by atoms with Gasteiger partial charge in [0, 0.05) is 43.9 Å². The second-order valence-corrected chi connectivity index (χ2v) is 11.3. The van der Waals surface area contributed by atoms with E-state index in [0.717, 1.165) is 49.7 Å². The molecule has 0 bridgehead atoms. The minimum atomic E-state index is -0.617. The van der Waals surface area contributed by atoms with Gasteiger partial charge >= 0.3 is 0 Å². The van der Waals surface area contributed by atoms with E-state index in [4.69, 9.17) is 19.6 Å². The van der Waals surface area contributed by atoms with Crippen LogP contribution in [0.1, 0.15) is 68.6 Å². The number of hydrogen-bond donors (Lipinski definition) is 1. The van der Waals surface area contributed by atoms with Crippen LogP contribution in [0.15, 0.2) is 18.2 Å². The normalized spacial score (nSPS) is 15.8. The zero-order chi connectivity index (χ0) is 29.2. The van der Waals surface area contributed by atoms with Crippen LogP contribution in [0, 0.1) is 11.2 Å². The minimum absolute atomic E-state index is 0.0111. The van der Waals surface area contributed by atoms with Crippen LogP contribution in [0.2, 0.25) is 0 Å². The van der Waals surface area contributed by atoms with Crippen molar-refractivity contribution in [3.8, 4) is 17.2 Å². The molecule has 1 N–H and O–H groups in total. The Morgan fingerprint density at radius 3 is 2.27 bits per heavy atom. The third kappa shape index (κ3) is 5.61. The van der Waals surface area contributed by atoms with Crippen molar-refractivity contribution in [1.29, 1.82) is 5.41 Å². The summed E-state index contributed by atoms with van der Waals surface area (Å²) in [7, 11) is 1.66. The van der Waals surface area contributed by atoms with Gasteiger partial charge < -0.3 is 28.9 Å². The fraction of sp³-hybridized carbons (Fsp3) is 0.548. The third-order valence-corrected chi connectivity index (χ3v) is 7.69. The topological polar surface area (TPSA) is 78.3 Å². The summed E-state index contributed by atoms with van der Waals surface area (Å²) in [5.41, 5.74) is 3.00.